The number of nitrogens with one attached hydrogen (secondary N) is 1. The highest BCUT2D eigenvalue weighted by molar-refractivity contribution is 7.80. The quantitative estimate of drug-likeness (QED) is 0.113. The average molecular weight is 592 g/mol. The van der Waals surface area contributed by atoms with Gasteiger partial charge in [0.05, 0.1) is 12.3 Å². The van der Waals surface area contributed by atoms with Crippen LogP contribution in [0.5, 0.6) is 0 Å². The van der Waals surface area contributed by atoms with Crippen molar-refractivity contribution in [3.8, 4) is 6.07 Å². The maximum absolute atomic E-state index is 13.4. The van der Waals surface area contributed by atoms with Gasteiger partial charge in [0.25, 0.3) is 0 Å². The maximum atomic E-state index is 13.4. The minimum atomic E-state index is -4.69. The van der Waals surface area contributed by atoms with Crippen molar-refractivity contribution in [1.29, 1.82) is 5.26 Å². The van der Waals surface area contributed by atoms with Crippen LogP contribution in [0.25, 0.3) is 0 Å². The Morgan fingerprint density at radius 1 is 1.24 bits per heavy atom. The third-order valence-electron chi connectivity index (χ3n) is 7.13. The summed E-state index contributed by atoms with van der Waals surface area (Å²) in [5.41, 5.74) is 0.217. The van der Waals surface area contributed by atoms with E-state index < -0.39 is 28.8 Å². The van der Waals surface area contributed by atoms with E-state index in [0.29, 0.717) is 24.4 Å². The Labute approximate surface area is 245 Å². The molecular formula is C31H37F4N3O2S. The SMILES string of the molecule is C=C1CC(=S)CC(c2cnc(C#N)c(C(F)(F)F)c2)CC(=O)C1(C)C.CNCOCCCCc1ccc(C)cc1F. The number of carbonyl (C=O) groups is 1. The summed E-state index contributed by atoms with van der Waals surface area (Å²) >= 11 is 5.34. The number of aromatic nitrogens is 1. The molecule has 0 radical (unpaired) electrons. The van der Waals surface area contributed by atoms with E-state index in [4.69, 9.17) is 22.2 Å². The number of nitriles is 1. The van der Waals surface area contributed by atoms with Gasteiger partial charge in [0.1, 0.15) is 17.7 Å². The van der Waals surface area contributed by atoms with Gasteiger partial charge < -0.3 is 4.74 Å². The Morgan fingerprint density at radius 3 is 2.56 bits per heavy atom. The number of alkyl halides is 3. The molecule has 1 heterocycles. The molecule has 0 saturated heterocycles. The second-order valence-corrected chi connectivity index (χ2v) is 11.3. The standard InChI is InChI=1S/C18H17F3N2OS.C13H20FNO/c1-10-4-13(25)5-11(7-16(24)17(10,2)3)12-6-14(18(19,20)21)15(8-22)23-9-12;1-11-6-7-12(13(14)9-11)5-3-4-8-16-10-15-2/h6,9,11H,1,4-5,7H2,2-3H3;6-7,9,15H,3-5,8,10H2,1-2H3. The first-order valence-corrected chi connectivity index (χ1v) is 13.8. The molecule has 0 spiro atoms. The summed E-state index contributed by atoms with van der Waals surface area (Å²) in [6.07, 6.45) is 0.0117. The van der Waals surface area contributed by atoms with Gasteiger partial charge >= 0.3 is 6.18 Å². The lowest BCUT2D eigenvalue weighted by Crippen LogP contribution is -2.31. The molecule has 1 saturated carbocycles. The minimum Gasteiger partial charge on any atom is -0.366 e. The molecule has 3 rings (SSSR count). The van der Waals surface area contributed by atoms with Crippen molar-refractivity contribution in [1.82, 2.24) is 10.3 Å². The number of thiocarbonyl (C=S) groups is 1. The van der Waals surface area contributed by atoms with E-state index in [0.717, 1.165) is 48.6 Å². The van der Waals surface area contributed by atoms with Crippen LogP contribution in [-0.4, -0.2) is 36.0 Å². The van der Waals surface area contributed by atoms with Crippen LogP contribution in [0.2, 0.25) is 0 Å². The van der Waals surface area contributed by atoms with Gasteiger partial charge in [-0.15, -0.1) is 0 Å². The summed E-state index contributed by atoms with van der Waals surface area (Å²) in [5, 5.41) is 11.8. The topological polar surface area (TPSA) is 75.0 Å². The number of aryl methyl sites for hydroxylation is 2. The highest BCUT2D eigenvalue weighted by Gasteiger charge is 2.38. The summed E-state index contributed by atoms with van der Waals surface area (Å²) < 4.78 is 58.2. The fourth-order valence-corrected chi connectivity index (χ4v) is 4.72. The van der Waals surface area contributed by atoms with Gasteiger partial charge in [0.2, 0.25) is 0 Å². The van der Waals surface area contributed by atoms with Crippen molar-refractivity contribution in [3.05, 3.63) is 76.4 Å². The molecule has 5 nitrogen and oxygen atoms in total. The van der Waals surface area contributed by atoms with Gasteiger partial charge in [-0.1, -0.05) is 36.5 Å². The smallest absolute Gasteiger partial charge is 0.366 e. The van der Waals surface area contributed by atoms with Gasteiger partial charge in [0, 0.05) is 31.1 Å². The zero-order valence-corrected chi connectivity index (χ0v) is 24.8. The number of benzene rings is 1. The average Bonchev–Trinajstić information content (AvgIpc) is 2.90. The number of ketones is 1. The molecule has 1 aromatic heterocycles. The molecule has 1 unspecified atom stereocenters. The van der Waals surface area contributed by atoms with Crippen LogP contribution < -0.4 is 5.32 Å². The van der Waals surface area contributed by atoms with Gasteiger partial charge in [-0.2, -0.15) is 18.4 Å². The van der Waals surface area contributed by atoms with Crippen molar-refractivity contribution in [2.75, 3.05) is 20.4 Å². The maximum Gasteiger partial charge on any atom is 0.419 e. The number of halogens is 4. The molecule has 1 aliphatic carbocycles. The van der Waals surface area contributed by atoms with E-state index in [2.05, 4.69) is 16.9 Å². The van der Waals surface area contributed by atoms with Crippen LogP contribution in [-0.2, 0) is 22.1 Å². The van der Waals surface area contributed by atoms with Gasteiger partial charge in [0.15, 0.2) is 5.69 Å². The number of carbonyl (C=O) groups excluding carboxylic acids is 1. The predicted octanol–water partition coefficient (Wildman–Crippen LogP) is 7.41. The Hall–Kier alpha value is -3.00. The number of hydrogen-bond donors (Lipinski definition) is 1. The van der Waals surface area contributed by atoms with Gasteiger partial charge in [-0.3, -0.25) is 10.1 Å². The molecule has 10 heteroatoms. The second kappa shape index (κ2) is 15.3. The molecule has 0 bridgehead atoms. The van der Waals surface area contributed by atoms with Crippen LogP contribution in [0.3, 0.4) is 0 Å². The first-order chi connectivity index (χ1) is 19.2. The lowest BCUT2D eigenvalue weighted by molar-refractivity contribution is -0.138. The van der Waals surface area contributed by atoms with Gasteiger partial charge in [-0.05, 0) is 93.1 Å². The first-order valence-electron chi connectivity index (χ1n) is 13.4. The van der Waals surface area contributed by atoms with E-state index in [1.54, 1.807) is 19.9 Å². The van der Waals surface area contributed by atoms with Crippen LogP contribution in [0, 0.1) is 29.5 Å². The van der Waals surface area contributed by atoms with Crippen LogP contribution in [0.1, 0.15) is 79.8 Å². The molecule has 0 aliphatic heterocycles. The minimum absolute atomic E-state index is 0.0526. The fraction of sp³-hybridized carbons (Fsp3) is 0.484. The monoisotopic (exact) mass is 591 g/mol. The Balaban J connectivity index is 0.000000317. The first kappa shape index (κ1) is 34.2. The number of ether oxygens (including phenoxy) is 1. The molecule has 2 aromatic rings. The van der Waals surface area contributed by atoms with Gasteiger partial charge in [-0.25, -0.2) is 9.37 Å². The van der Waals surface area contributed by atoms with Crippen molar-refractivity contribution in [2.24, 2.45) is 5.41 Å². The molecule has 1 aromatic carbocycles. The van der Waals surface area contributed by atoms with E-state index in [1.807, 2.05) is 26.1 Å². The largest absolute Gasteiger partial charge is 0.419 e. The summed E-state index contributed by atoms with van der Waals surface area (Å²) in [7, 11) is 1.85. The number of unbranched alkanes of at least 4 members (excludes halogenated alkanes) is 1. The highest BCUT2D eigenvalue weighted by Crippen LogP contribution is 2.40. The van der Waals surface area contributed by atoms with Crippen molar-refractivity contribution in [2.45, 2.75) is 71.4 Å². The van der Waals surface area contributed by atoms with E-state index in [-0.39, 0.29) is 23.6 Å². The Bertz CT molecular complexity index is 1290. The predicted molar refractivity (Wildman–Crippen MR) is 155 cm³/mol. The third-order valence-corrected chi connectivity index (χ3v) is 7.44. The molecule has 41 heavy (non-hydrogen) atoms. The van der Waals surface area contributed by atoms with Crippen molar-refractivity contribution >= 4 is 22.9 Å². The van der Waals surface area contributed by atoms with E-state index in [9.17, 15) is 22.4 Å². The molecule has 1 atom stereocenters. The second-order valence-electron chi connectivity index (χ2n) is 10.7. The molecule has 0 amide bonds. The van der Waals surface area contributed by atoms with Crippen LogP contribution in [0.4, 0.5) is 17.6 Å². The zero-order valence-electron chi connectivity index (χ0n) is 24.0. The number of nitrogens with zero attached hydrogens (tertiary/aromatic N) is 2. The Morgan fingerprint density at radius 2 is 1.95 bits per heavy atom. The van der Waals surface area contributed by atoms with Crippen molar-refractivity contribution < 1.29 is 27.1 Å². The number of Topliss-reactive ketones (excluding diaryl/α,β-unsaturated/α-hetero) is 1. The van der Waals surface area contributed by atoms with Crippen LogP contribution in [0.15, 0.2) is 42.6 Å². The molecular weight excluding hydrogens is 554 g/mol. The third kappa shape index (κ3) is 10.1. The number of allylic oxidation sites excluding steroid dienone is 1. The van der Waals surface area contributed by atoms with Crippen LogP contribution >= 0.6 is 12.2 Å². The summed E-state index contributed by atoms with van der Waals surface area (Å²) in [5.74, 6) is -0.673. The molecule has 1 fully saturated rings. The van der Waals surface area contributed by atoms with Crippen molar-refractivity contribution in [3.63, 3.8) is 0 Å². The summed E-state index contributed by atoms with van der Waals surface area (Å²) in [6.45, 7) is 10.6. The number of hydrogen-bond acceptors (Lipinski definition) is 6. The fourth-order valence-electron chi connectivity index (χ4n) is 4.35. The molecule has 1 aliphatic rings. The van der Waals surface area contributed by atoms with E-state index in [1.165, 1.54) is 12.3 Å². The summed E-state index contributed by atoms with van der Waals surface area (Å²) in [4.78, 5) is 16.9. The van der Waals surface area contributed by atoms with E-state index >= 15 is 0 Å². The molecule has 222 valence electrons. The lowest BCUT2D eigenvalue weighted by Gasteiger charge is -2.32. The molecule has 1 N–H and O–H groups in total. The highest BCUT2D eigenvalue weighted by atomic mass is 32.1. The Kier molecular flexibility index (Phi) is 12.8. The number of rotatable bonds is 8. The summed E-state index contributed by atoms with van der Waals surface area (Å²) in [6, 6.07) is 7.79. The number of pyridine rings is 1. The normalized spacial score (nSPS) is 17.2. The zero-order chi connectivity index (χ0) is 30.8. The lowest BCUT2D eigenvalue weighted by atomic mass is 9.72.